The van der Waals surface area contributed by atoms with E-state index in [-0.39, 0.29) is 6.42 Å². The highest BCUT2D eigenvalue weighted by atomic mass is 32.2. The van der Waals surface area contributed by atoms with Crippen LogP contribution in [0.3, 0.4) is 0 Å². The van der Waals surface area contributed by atoms with Crippen molar-refractivity contribution in [1.82, 2.24) is 5.32 Å². The molecule has 32 heavy (non-hydrogen) atoms. The Labute approximate surface area is 188 Å². The predicted octanol–water partition coefficient (Wildman–Crippen LogP) is 2.11. The molecule has 1 atom stereocenters. The van der Waals surface area contributed by atoms with Crippen LogP contribution in [0.5, 0.6) is 0 Å². The third-order valence-corrected chi connectivity index (χ3v) is 6.56. The molecule has 0 saturated carbocycles. The molecular weight excluding hydrogens is 433 g/mol. The summed E-state index contributed by atoms with van der Waals surface area (Å²) in [5.74, 6) is -0.941. The Morgan fingerprint density at radius 1 is 1.06 bits per heavy atom. The first-order valence-electron chi connectivity index (χ1n) is 10.0. The van der Waals surface area contributed by atoms with Gasteiger partial charge in [0.2, 0.25) is 5.91 Å². The average molecular weight is 460 g/mol. The van der Waals surface area contributed by atoms with Crippen molar-refractivity contribution in [3.63, 3.8) is 0 Å². The maximum atomic E-state index is 14.0. The number of aliphatic hydroxyl groups is 3. The van der Waals surface area contributed by atoms with Crippen molar-refractivity contribution in [3.05, 3.63) is 70.5 Å². The molecule has 1 amide bonds. The van der Waals surface area contributed by atoms with Crippen LogP contribution >= 0.6 is 0 Å². The zero-order chi connectivity index (χ0) is 23.5. The van der Waals surface area contributed by atoms with Gasteiger partial charge in [-0.1, -0.05) is 18.2 Å². The lowest BCUT2D eigenvalue weighted by Crippen LogP contribution is -2.57. The average Bonchev–Trinajstić information content (AvgIpc) is 3.03. The zero-order valence-corrected chi connectivity index (χ0v) is 18.7. The van der Waals surface area contributed by atoms with Gasteiger partial charge < -0.3 is 20.6 Å². The smallest absolute Gasteiger partial charge is 0.225 e. The van der Waals surface area contributed by atoms with Crippen molar-refractivity contribution in [2.45, 2.75) is 23.8 Å². The van der Waals surface area contributed by atoms with Gasteiger partial charge >= 0.3 is 0 Å². The van der Waals surface area contributed by atoms with Crippen LogP contribution in [0, 0.1) is 5.82 Å². The van der Waals surface area contributed by atoms with E-state index in [4.69, 9.17) is 0 Å². The molecule has 170 valence electrons. The minimum Gasteiger partial charge on any atom is -0.394 e. The molecule has 1 unspecified atom stereocenters. The molecule has 4 N–H and O–H groups in total. The van der Waals surface area contributed by atoms with Gasteiger partial charge in [-0.15, -0.1) is 0 Å². The second-order valence-corrected chi connectivity index (χ2v) is 9.23. The fraction of sp³-hybridized carbons (Fsp3) is 0.292. The standard InChI is InChI=1S/C24H26FNO5S/c1-15-20(9-16-3-6-18(7-4-16)32(2)31)19-8-5-17(25)10-22(19)21(15)11-23(30)26-24(12-27,13-28)14-29/h3-10,27-29H,11-14H2,1-2H3,(H,26,30)/b20-9-. The predicted molar refractivity (Wildman–Crippen MR) is 122 cm³/mol. The van der Waals surface area contributed by atoms with Crippen molar-refractivity contribution >= 4 is 33.9 Å². The van der Waals surface area contributed by atoms with Gasteiger partial charge in [0.15, 0.2) is 0 Å². The summed E-state index contributed by atoms with van der Waals surface area (Å²) >= 11 is 0. The van der Waals surface area contributed by atoms with Crippen molar-refractivity contribution < 1.29 is 28.7 Å². The summed E-state index contributed by atoms with van der Waals surface area (Å²) in [4.78, 5) is 13.4. The summed E-state index contributed by atoms with van der Waals surface area (Å²) < 4.78 is 25.7. The van der Waals surface area contributed by atoms with E-state index >= 15 is 0 Å². The number of nitrogens with one attached hydrogen (secondary N) is 1. The van der Waals surface area contributed by atoms with E-state index in [0.717, 1.165) is 22.3 Å². The largest absolute Gasteiger partial charge is 0.394 e. The number of carbonyl (C=O) groups is 1. The lowest BCUT2D eigenvalue weighted by molar-refractivity contribution is -0.124. The minimum atomic E-state index is -1.53. The Morgan fingerprint density at radius 2 is 1.69 bits per heavy atom. The fourth-order valence-electron chi connectivity index (χ4n) is 3.67. The monoisotopic (exact) mass is 459 g/mol. The highest BCUT2D eigenvalue weighted by Crippen LogP contribution is 2.43. The Morgan fingerprint density at radius 3 is 2.25 bits per heavy atom. The Balaban J connectivity index is 1.98. The Bertz CT molecular complexity index is 1100. The summed E-state index contributed by atoms with van der Waals surface area (Å²) in [5, 5.41) is 30.9. The summed E-state index contributed by atoms with van der Waals surface area (Å²) in [6.07, 6.45) is 3.42. The number of benzene rings is 2. The SMILES string of the molecule is CC1=C(CC(=O)NC(CO)(CO)CO)c2cc(F)ccc2/C1=C\c1ccc(S(C)=O)cc1. The van der Waals surface area contributed by atoms with Gasteiger partial charge in [-0.25, -0.2) is 4.39 Å². The highest BCUT2D eigenvalue weighted by Gasteiger charge is 2.32. The number of fused-ring (bicyclic) bond motifs is 1. The summed E-state index contributed by atoms with van der Waals surface area (Å²) in [7, 11) is -1.08. The normalized spacial score (nSPS) is 15.8. The number of rotatable bonds is 8. The summed E-state index contributed by atoms with van der Waals surface area (Å²) in [5.41, 5.74) is 2.98. The van der Waals surface area contributed by atoms with Crippen LogP contribution < -0.4 is 5.32 Å². The number of carbonyl (C=O) groups excluding carboxylic acids is 1. The molecule has 0 spiro atoms. The van der Waals surface area contributed by atoms with Crippen LogP contribution in [0.2, 0.25) is 0 Å². The second-order valence-electron chi connectivity index (χ2n) is 7.85. The van der Waals surface area contributed by atoms with Crippen LogP contribution in [-0.4, -0.2) is 57.1 Å². The first-order valence-corrected chi connectivity index (χ1v) is 11.6. The second kappa shape index (κ2) is 9.87. The molecule has 0 bridgehead atoms. The van der Waals surface area contributed by atoms with Crippen LogP contribution in [0.15, 0.2) is 52.9 Å². The first-order chi connectivity index (χ1) is 15.2. The summed E-state index contributed by atoms with van der Waals surface area (Å²) in [6.45, 7) is -0.0325. The maximum Gasteiger partial charge on any atom is 0.225 e. The zero-order valence-electron chi connectivity index (χ0n) is 17.9. The molecule has 2 aromatic rings. The molecule has 3 rings (SSSR count). The van der Waals surface area contributed by atoms with E-state index in [0.29, 0.717) is 16.0 Å². The minimum absolute atomic E-state index is 0.116. The molecule has 0 aliphatic heterocycles. The van der Waals surface area contributed by atoms with Gasteiger partial charge in [-0.05, 0) is 70.7 Å². The van der Waals surface area contributed by atoms with E-state index in [1.54, 1.807) is 24.5 Å². The van der Waals surface area contributed by atoms with Crippen molar-refractivity contribution in [2.24, 2.45) is 0 Å². The summed E-state index contributed by atoms with van der Waals surface area (Å²) in [6, 6.07) is 11.7. The van der Waals surface area contributed by atoms with E-state index in [2.05, 4.69) is 5.32 Å². The van der Waals surface area contributed by atoms with E-state index in [1.807, 2.05) is 25.1 Å². The van der Waals surface area contributed by atoms with Crippen LogP contribution in [0.4, 0.5) is 4.39 Å². The lowest BCUT2D eigenvalue weighted by atomic mass is 9.99. The topological polar surface area (TPSA) is 107 Å². The van der Waals surface area contributed by atoms with Crippen molar-refractivity contribution in [1.29, 1.82) is 0 Å². The third-order valence-electron chi connectivity index (χ3n) is 5.63. The molecule has 0 aromatic heterocycles. The third kappa shape index (κ3) is 4.88. The van der Waals surface area contributed by atoms with Gasteiger partial charge in [0.1, 0.15) is 11.4 Å². The molecule has 6 nitrogen and oxygen atoms in total. The van der Waals surface area contributed by atoms with Crippen LogP contribution in [0.25, 0.3) is 17.2 Å². The van der Waals surface area contributed by atoms with Gasteiger partial charge in [-0.2, -0.15) is 0 Å². The number of hydrogen-bond donors (Lipinski definition) is 4. The van der Waals surface area contributed by atoms with Gasteiger partial charge in [0, 0.05) is 22.0 Å². The van der Waals surface area contributed by atoms with E-state index in [9.17, 15) is 28.7 Å². The quantitative estimate of drug-likeness (QED) is 0.484. The van der Waals surface area contributed by atoms with Gasteiger partial charge in [0.25, 0.3) is 0 Å². The molecule has 0 heterocycles. The molecule has 8 heteroatoms. The number of aliphatic hydroxyl groups excluding tert-OH is 3. The Kier molecular flexibility index (Phi) is 7.40. The molecule has 0 saturated heterocycles. The first kappa shape index (κ1) is 24.0. The molecule has 2 aromatic carbocycles. The number of allylic oxidation sites excluding steroid dienone is 2. The molecule has 0 fully saturated rings. The number of hydrogen-bond acceptors (Lipinski definition) is 5. The maximum absolute atomic E-state index is 14.0. The van der Waals surface area contributed by atoms with Crippen molar-refractivity contribution in [2.75, 3.05) is 26.1 Å². The molecular formula is C24H26FNO5S. The van der Waals surface area contributed by atoms with Gasteiger partial charge in [-0.3, -0.25) is 9.00 Å². The number of amides is 1. The molecule has 1 aliphatic carbocycles. The Hall–Kier alpha value is -2.65. The molecule has 1 aliphatic rings. The fourth-order valence-corrected chi connectivity index (χ4v) is 4.19. The van der Waals surface area contributed by atoms with Crippen LogP contribution in [-0.2, 0) is 15.6 Å². The lowest BCUT2D eigenvalue weighted by Gasteiger charge is -2.28. The van der Waals surface area contributed by atoms with Crippen molar-refractivity contribution in [3.8, 4) is 0 Å². The highest BCUT2D eigenvalue weighted by molar-refractivity contribution is 7.84. The van der Waals surface area contributed by atoms with Gasteiger partial charge in [0.05, 0.1) is 26.2 Å². The number of halogens is 1. The van der Waals surface area contributed by atoms with E-state index in [1.165, 1.54) is 12.1 Å². The van der Waals surface area contributed by atoms with E-state index < -0.39 is 47.9 Å². The molecule has 0 radical (unpaired) electrons. The van der Waals surface area contributed by atoms with Crippen LogP contribution in [0.1, 0.15) is 30.0 Å².